The second-order valence-electron chi connectivity index (χ2n) is 18.5. The van der Waals surface area contributed by atoms with Crippen LogP contribution >= 0.6 is 11.3 Å². The highest BCUT2D eigenvalue weighted by Gasteiger charge is 2.44. The molecule has 7 rings (SSSR count). The van der Waals surface area contributed by atoms with Crippen LogP contribution in [-0.4, -0.2) is 124 Å². The van der Waals surface area contributed by atoms with Crippen molar-refractivity contribution < 1.29 is 48.2 Å². The molecule has 3 heterocycles. The molecule has 6 amide bonds. The molecule has 1 aliphatic heterocycles. The zero-order chi connectivity index (χ0) is 49.6. The molecule has 2 aliphatic rings. The molecule has 1 saturated heterocycles. The fourth-order valence-corrected chi connectivity index (χ4v) is 9.18. The standard InChI is InChI=1S/C50H58N8O10S/c1-28-43(69-27-53-28)31-9-7-29(8-10-31)25-52-47(64)39-23-34(59)26-58(39)49(66)44(50(2,3)4)55-42(61)17-19-67-20-18-51-45(62)33-12-11-30-14-16-37(36(30)21-33)54-46(63)38-24-41(68-56-38)32-13-15-35(40(60)22-32)48(65)57(5)6/h7-13,15,21-22,24,27,34,37,39,44,59-60H,14,16-20,23,25-26H2,1-6H3,(H,51,62)(H,52,64)(H,54,63)(H,55,61)/t34-,37-,39+,44-/m1/s1. The van der Waals surface area contributed by atoms with Gasteiger partial charge in [0.05, 0.1) is 47.0 Å². The van der Waals surface area contributed by atoms with Gasteiger partial charge in [0.15, 0.2) is 11.5 Å². The average Bonchev–Trinajstić information content (AvgIpc) is 4.15. The molecule has 19 heteroatoms. The predicted octanol–water partition coefficient (Wildman–Crippen LogP) is 4.54. The fraction of sp³-hybridized carbons (Fsp3) is 0.400. The van der Waals surface area contributed by atoms with E-state index in [9.17, 15) is 39.0 Å². The molecular formula is C50H58N8O10S. The highest BCUT2D eigenvalue weighted by atomic mass is 32.1. The van der Waals surface area contributed by atoms with Crippen molar-refractivity contribution in [3.8, 4) is 27.5 Å². The molecule has 2 aromatic heterocycles. The second kappa shape index (κ2) is 21.6. The van der Waals surface area contributed by atoms with Crippen LogP contribution in [0.5, 0.6) is 5.75 Å². The number of aliphatic hydroxyl groups excluding tert-OH is 1. The normalized spacial score (nSPS) is 16.9. The van der Waals surface area contributed by atoms with E-state index in [0.29, 0.717) is 24.0 Å². The Kier molecular flexibility index (Phi) is 15.6. The summed E-state index contributed by atoms with van der Waals surface area (Å²) in [6.07, 6.45) is 0.417. The van der Waals surface area contributed by atoms with Crippen molar-refractivity contribution in [3.63, 3.8) is 0 Å². The van der Waals surface area contributed by atoms with Gasteiger partial charge in [0.1, 0.15) is 17.8 Å². The van der Waals surface area contributed by atoms with Crippen LogP contribution in [0.25, 0.3) is 21.8 Å². The first-order valence-electron chi connectivity index (χ1n) is 22.7. The van der Waals surface area contributed by atoms with E-state index in [-0.39, 0.29) is 86.3 Å². The lowest BCUT2D eigenvalue weighted by atomic mass is 9.85. The van der Waals surface area contributed by atoms with E-state index < -0.39 is 47.2 Å². The number of β-amino-alcohol motifs (C(OH)–C–C–N with tert-alkyl or cyclic N) is 1. The Labute approximate surface area is 403 Å². The summed E-state index contributed by atoms with van der Waals surface area (Å²) in [7, 11) is 3.16. The van der Waals surface area contributed by atoms with Crippen molar-refractivity contribution in [3.05, 3.63) is 111 Å². The van der Waals surface area contributed by atoms with Gasteiger partial charge >= 0.3 is 0 Å². The number of rotatable bonds is 17. The molecule has 0 saturated carbocycles. The molecule has 1 fully saturated rings. The molecule has 3 aromatic carbocycles. The van der Waals surface area contributed by atoms with Crippen molar-refractivity contribution in [2.24, 2.45) is 5.41 Å². The van der Waals surface area contributed by atoms with Gasteiger partial charge in [-0.3, -0.25) is 28.8 Å². The number of benzene rings is 3. The molecule has 4 atom stereocenters. The van der Waals surface area contributed by atoms with Crippen molar-refractivity contribution >= 4 is 46.8 Å². The molecule has 0 unspecified atom stereocenters. The number of aryl methyl sites for hydroxylation is 2. The summed E-state index contributed by atoms with van der Waals surface area (Å²) < 4.78 is 11.1. The second-order valence-corrected chi connectivity index (χ2v) is 19.4. The lowest BCUT2D eigenvalue weighted by Crippen LogP contribution is -2.57. The summed E-state index contributed by atoms with van der Waals surface area (Å²) in [6, 6.07) is 16.7. The largest absolute Gasteiger partial charge is 0.507 e. The maximum absolute atomic E-state index is 14.0. The van der Waals surface area contributed by atoms with E-state index in [0.717, 1.165) is 32.8 Å². The molecule has 69 heavy (non-hydrogen) atoms. The molecule has 6 N–H and O–H groups in total. The van der Waals surface area contributed by atoms with Crippen LogP contribution < -0.4 is 21.3 Å². The maximum Gasteiger partial charge on any atom is 0.273 e. The number of aromatic nitrogens is 2. The number of phenolic OH excluding ortho intramolecular Hbond substituents is 1. The maximum atomic E-state index is 14.0. The highest BCUT2D eigenvalue weighted by Crippen LogP contribution is 2.34. The molecule has 1 aliphatic carbocycles. The molecular weight excluding hydrogens is 905 g/mol. The molecule has 0 spiro atoms. The lowest BCUT2D eigenvalue weighted by molar-refractivity contribution is -0.144. The smallest absolute Gasteiger partial charge is 0.273 e. The topological polar surface area (TPSA) is 246 Å². The summed E-state index contributed by atoms with van der Waals surface area (Å²) in [5, 5.41) is 36.5. The summed E-state index contributed by atoms with van der Waals surface area (Å²) >= 11 is 1.56. The minimum absolute atomic E-state index is 0.0186. The fourth-order valence-electron chi connectivity index (χ4n) is 8.37. The van der Waals surface area contributed by atoms with E-state index >= 15 is 0 Å². The summed E-state index contributed by atoms with van der Waals surface area (Å²) in [6.45, 7) is 7.87. The van der Waals surface area contributed by atoms with Crippen LogP contribution in [0.2, 0.25) is 0 Å². The number of hydrogen-bond acceptors (Lipinski definition) is 13. The van der Waals surface area contributed by atoms with E-state index in [1.54, 1.807) is 49.1 Å². The summed E-state index contributed by atoms with van der Waals surface area (Å²) in [5.41, 5.74) is 6.70. The van der Waals surface area contributed by atoms with Gasteiger partial charge < -0.3 is 50.5 Å². The van der Waals surface area contributed by atoms with Crippen molar-refractivity contribution in [1.29, 1.82) is 0 Å². The van der Waals surface area contributed by atoms with Gasteiger partial charge in [-0.25, -0.2) is 4.98 Å². The Morgan fingerprint density at radius 1 is 0.957 bits per heavy atom. The Morgan fingerprint density at radius 3 is 2.41 bits per heavy atom. The minimum atomic E-state index is -0.990. The first-order chi connectivity index (χ1) is 32.9. The van der Waals surface area contributed by atoms with E-state index in [1.807, 2.05) is 58.0 Å². The number of aliphatic hydroxyl groups is 1. The van der Waals surface area contributed by atoms with E-state index in [1.165, 1.54) is 28.0 Å². The van der Waals surface area contributed by atoms with Gasteiger partial charge in [0.25, 0.3) is 17.7 Å². The number of hydrogen-bond donors (Lipinski definition) is 6. The van der Waals surface area contributed by atoms with Gasteiger partial charge in [-0.05, 0) is 71.7 Å². The third-order valence-electron chi connectivity index (χ3n) is 12.2. The van der Waals surface area contributed by atoms with Gasteiger partial charge in [-0.1, -0.05) is 62.3 Å². The molecule has 364 valence electrons. The quantitative estimate of drug-likeness (QED) is 0.0704. The first kappa shape index (κ1) is 49.9. The minimum Gasteiger partial charge on any atom is -0.507 e. The van der Waals surface area contributed by atoms with Crippen LogP contribution in [0.15, 0.2) is 76.8 Å². The van der Waals surface area contributed by atoms with Crippen LogP contribution in [0.4, 0.5) is 0 Å². The zero-order valence-electron chi connectivity index (χ0n) is 39.5. The van der Waals surface area contributed by atoms with Gasteiger partial charge in [-0.2, -0.15) is 0 Å². The monoisotopic (exact) mass is 962 g/mol. The number of carbonyl (C=O) groups excluding carboxylic acids is 6. The highest BCUT2D eigenvalue weighted by molar-refractivity contribution is 7.13. The van der Waals surface area contributed by atoms with Crippen molar-refractivity contribution in [2.45, 2.75) is 84.2 Å². The molecule has 18 nitrogen and oxygen atoms in total. The third-order valence-corrected chi connectivity index (χ3v) is 13.1. The van der Waals surface area contributed by atoms with E-state index in [4.69, 9.17) is 9.26 Å². The Bertz CT molecular complexity index is 2710. The number of fused-ring (bicyclic) bond motifs is 1. The number of likely N-dealkylation sites (tertiary alicyclic amines) is 1. The first-order valence-corrected chi connectivity index (χ1v) is 23.6. The third kappa shape index (κ3) is 12.0. The Balaban J connectivity index is 0.844. The number of aromatic hydroxyl groups is 1. The predicted molar refractivity (Wildman–Crippen MR) is 256 cm³/mol. The average molecular weight is 963 g/mol. The SMILES string of the molecule is Cc1ncsc1-c1ccc(CNC(=O)[C@@H]2C[C@@H](O)CN2C(=O)[C@@H](NC(=O)CCOCCNC(=O)c2ccc3c(c2)[C@H](NC(=O)c2cc(-c4ccc(C(=O)N(C)C)c(O)c4)on2)CC3)C(C)(C)C)cc1. The lowest BCUT2D eigenvalue weighted by Gasteiger charge is -2.35. The number of amides is 6. The Hall–Kier alpha value is -6.96. The Morgan fingerprint density at radius 2 is 1.71 bits per heavy atom. The van der Waals surface area contributed by atoms with Crippen LogP contribution in [0.3, 0.4) is 0 Å². The number of thiazole rings is 1. The van der Waals surface area contributed by atoms with E-state index in [2.05, 4.69) is 31.4 Å². The number of nitrogens with zero attached hydrogens (tertiary/aromatic N) is 4. The molecule has 0 radical (unpaired) electrons. The van der Waals surface area contributed by atoms with Crippen molar-refractivity contribution in [2.75, 3.05) is 40.4 Å². The van der Waals surface area contributed by atoms with Crippen LogP contribution in [0, 0.1) is 12.3 Å². The van der Waals surface area contributed by atoms with Gasteiger partial charge in [-0.15, -0.1) is 11.3 Å². The van der Waals surface area contributed by atoms with Crippen LogP contribution in [-0.2, 0) is 32.1 Å². The van der Waals surface area contributed by atoms with Crippen molar-refractivity contribution in [1.82, 2.24) is 41.2 Å². The number of phenols is 1. The van der Waals surface area contributed by atoms with Gasteiger partial charge in [0, 0.05) is 63.8 Å². The molecule has 5 aromatic rings. The zero-order valence-corrected chi connectivity index (χ0v) is 40.3. The number of ether oxygens (including phenoxy) is 1. The van der Waals surface area contributed by atoms with Crippen LogP contribution in [0.1, 0.15) is 99.7 Å². The summed E-state index contributed by atoms with van der Waals surface area (Å²) in [4.78, 5) is 87.4. The number of carbonyl (C=O) groups is 6. The van der Waals surface area contributed by atoms with Gasteiger partial charge in [0.2, 0.25) is 17.7 Å². The number of nitrogens with one attached hydrogen (secondary N) is 4. The molecule has 0 bridgehead atoms. The summed E-state index contributed by atoms with van der Waals surface area (Å²) in [5.74, 6) is -2.49.